The smallest absolute Gasteiger partial charge is 0.131 e. The molecule has 2 aromatic carbocycles. The molecule has 0 bridgehead atoms. The lowest BCUT2D eigenvalue weighted by atomic mass is 9.53. The molecule has 3 aliphatic carbocycles. The third-order valence-corrected chi connectivity index (χ3v) is 8.46. The van der Waals surface area contributed by atoms with E-state index in [0.717, 1.165) is 49.7 Å². The van der Waals surface area contributed by atoms with Crippen molar-refractivity contribution in [1.29, 1.82) is 0 Å². The van der Waals surface area contributed by atoms with Crippen molar-refractivity contribution in [3.8, 4) is 17.6 Å². The van der Waals surface area contributed by atoms with E-state index in [1.807, 2.05) is 36.4 Å². The van der Waals surface area contributed by atoms with Crippen LogP contribution in [-0.4, -0.2) is 15.8 Å². The van der Waals surface area contributed by atoms with Crippen molar-refractivity contribution in [2.24, 2.45) is 23.0 Å². The zero-order valence-corrected chi connectivity index (χ0v) is 17.7. The van der Waals surface area contributed by atoms with Crippen LogP contribution in [-0.2, 0) is 13.0 Å². The second-order valence-corrected chi connectivity index (χ2v) is 9.80. The number of aromatic hydroxyl groups is 1. The van der Waals surface area contributed by atoms with Gasteiger partial charge in [0.25, 0.3) is 0 Å². The Morgan fingerprint density at radius 2 is 1.87 bits per heavy atom. The van der Waals surface area contributed by atoms with E-state index in [0.29, 0.717) is 30.0 Å². The fourth-order valence-corrected chi connectivity index (χ4v) is 6.69. The van der Waals surface area contributed by atoms with Crippen LogP contribution in [0.2, 0.25) is 0 Å². The monoisotopic (exact) mass is 401 g/mol. The fourth-order valence-electron chi connectivity index (χ4n) is 6.69. The Kier molecular flexibility index (Phi) is 4.69. The van der Waals surface area contributed by atoms with Crippen LogP contribution in [0.1, 0.15) is 67.2 Å². The van der Waals surface area contributed by atoms with Gasteiger partial charge in [0, 0.05) is 17.5 Å². The van der Waals surface area contributed by atoms with Gasteiger partial charge in [-0.3, -0.25) is 0 Å². The van der Waals surface area contributed by atoms with Crippen molar-refractivity contribution in [2.75, 3.05) is 0 Å². The van der Waals surface area contributed by atoms with E-state index in [4.69, 9.17) is 5.73 Å². The van der Waals surface area contributed by atoms with Crippen molar-refractivity contribution < 1.29 is 10.2 Å². The summed E-state index contributed by atoms with van der Waals surface area (Å²) in [4.78, 5) is 0. The Hall–Kier alpha value is -2.28. The van der Waals surface area contributed by atoms with Crippen molar-refractivity contribution in [3.63, 3.8) is 0 Å². The average Bonchev–Trinajstić information content (AvgIpc) is 3.03. The summed E-state index contributed by atoms with van der Waals surface area (Å²) in [5.41, 5.74) is 9.37. The van der Waals surface area contributed by atoms with Crippen molar-refractivity contribution in [1.82, 2.24) is 0 Å². The fraction of sp³-hybridized carbons (Fsp3) is 0.481. The summed E-state index contributed by atoms with van der Waals surface area (Å²) in [6.45, 7) is 2.81. The highest BCUT2D eigenvalue weighted by Gasteiger charge is 2.61. The molecule has 4 N–H and O–H groups in total. The first kappa shape index (κ1) is 19.7. The first-order valence-corrected chi connectivity index (χ1v) is 11.3. The molecule has 2 fully saturated rings. The summed E-state index contributed by atoms with van der Waals surface area (Å²) in [7, 11) is 0. The molecule has 2 aromatic rings. The topological polar surface area (TPSA) is 66.5 Å². The number of phenolic OH excluding ortho intramolecular Hbond substituents is 1. The molecule has 0 radical (unpaired) electrons. The number of fused-ring (bicyclic) bond motifs is 5. The van der Waals surface area contributed by atoms with E-state index in [1.165, 1.54) is 11.1 Å². The predicted octanol–water partition coefficient (Wildman–Crippen LogP) is 4.49. The zero-order valence-electron chi connectivity index (χ0n) is 17.7. The second kappa shape index (κ2) is 7.15. The standard InChI is InChI=1S/C27H31NO2/c1-26-13-11-23-22-9-7-21(29)16-20(22)6-8-24(23)25(26)12-15-27(26,30)14-10-18-2-4-19(17-28)5-3-18/h2-5,7,9,16,23-25,29-30H,6,8,11-13,15,17,28H2,1H3/t23-,24-,25+,26+,27+/m1/s1. The first-order valence-electron chi connectivity index (χ1n) is 11.3. The van der Waals surface area contributed by atoms with E-state index < -0.39 is 5.60 Å². The first-order chi connectivity index (χ1) is 14.4. The minimum Gasteiger partial charge on any atom is -0.508 e. The Bertz CT molecular complexity index is 1020. The van der Waals surface area contributed by atoms with Gasteiger partial charge in [0.1, 0.15) is 11.4 Å². The van der Waals surface area contributed by atoms with Gasteiger partial charge >= 0.3 is 0 Å². The maximum atomic E-state index is 11.7. The van der Waals surface area contributed by atoms with Crippen molar-refractivity contribution >= 4 is 0 Å². The van der Waals surface area contributed by atoms with Gasteiger partial charge in [0.05, 0.1) is 0 Å². The maximum absolute atomic E-state index is 11.7. The summed E-state index contributed by atoms with van der Waals surface area (Å²) < 4.78 is 0. The Morgan fingerprint density at radius 1 is 1.07 bits per heavy atom. The summed E-state index contributed by atoms with van der Waals surface area (Å²) in [6, 6.07) is 13.9. The molecule has 0 unspecified atom stereocenters. The number of rotatable bonds is 1. The SMILES string of the molecule is C[C@]12CC[C@@H]3c4ccc(O)cc4CC[C@H]3[C@@H]1CC[C@@]2(O)C#Cc1ccc(CN)cc1. The molecule has 3 aliphatic rings. The number of hydrogen-bond donors (Lipinski definition) is 3. The van der Waals surface area contributed by atoms with Gasteiger partial charge in [-0.2, -0.15) is 0 Å². The van der Waals surface area contributed by atoms with E-state index in [1.54, 1.807) is 0 Å². The highest BCUT2D eigenvalue weighted by Crippen LogP contribution is 2.64. The molecule has 0 heterocycles. The molecule has 0 aliphatic heterocycles. The van der Waals surface area contributed by atoms with Gasteiger partial charge in [-0.1, -0.05) is 37.0 Å². The largest absolute Gasteiger partial charge is 0.508 e. The summed E-state index contributed by atoms with van der Waals surface area (Å²) in [5, 5.41) is 21.6. The van der Waals surface area contributed by atoms with E-state index in [-0.39, 0.29) is 5.41 Å². The number of aryl methyl sites for hydroxylation is 1. The summed E-state index contributed by atoms with van der Waals surface area (Å²) in [5.74, 6) is 8.59. The van der Waals surface area contributed by atoms with Crippen LogP contribution in [0.5, 0.6) is 5.75 Å². The van der Waals surface area contributed by atoms with Crippen molar-refractivity contribution in [2.45, 2.75) is 63.5 Å². The third kappa shape index (κ3) is 2.97. The minimum absolute atomic E-state index is 0.160. The Labute approximate surface area is 179 Å². The van der Waals surface area contributed by atoms with Crippen LogP contribution in [0.25, 0.3) is 0 Å². The number of benzene rings is 2. The van der Waals surface area contributed by atoms with Gasteiger partial charge in [-0.15, -0.1) is 0 Å². The third-order valence-electron chi connectivity index (χ3n) is 8.46. The second-order valence-electron chi connectivity index (χ2n) is 9.80. The van der Waals surface area contributed by atoms with Crippen LogP contribution < -0.4 is 5.73 Å². The molecular formula is C27H31NO2. The molecule has 2 saturated carbocycles. The zero-order chi connectivity index (χ0) is 20.9. The summed E-state index contributed by atoms with van der Waals surface area (Å²) in [6.07, 6.45) is 6.05. The van der Waals surface area contributed by atoms with Crippen LogP contribution >= 0.6 is 0 Å². The number of phenols is 1. The average molecular weight is 402 g/mol. The number of hydrogen-bond acceptors (Lipinski definition) is 3. The molecule has 30 heavy (non-hydrogen) atoms. The molecule has 156 valence electrons. The quantitative estimate of drug-likeness (QED) is 0.617. The minimum atomic E-state index is -0.926. The van der Waals surface area contributed by atoms with Gasteiger partial charge in [-0.25, -0.2) is 0 Å². The molecule has 5 atom stereocenters. The lowest BCUT2D eigenvalue weighted by molar-refractivity contribution is -0.0647. The van der Waals surface area contributed by atoms with Gasteiger partial charge in [-0.05, 0) is 97.2 Å². The van der Waals surface area contributed by atoms with Crippen LogP contribution in [0, 0.1) is 29.1 Å². The molecular weight excluding hydrogens is 370 g/mol. The molecule has 0 spiro atoms. The number of aliphatic hydroxyl groups is 1. The van der Waals surface area contributed by atoms with Gasteiger partial charge in [0.2, 0.25) is 0 Å². The molecule has 3 heteroatoms. The van der Waals surface area contributed by atoms with E-state index >= 15 is 0 Å². The Morgan fingerprint density at radius 3 is 2.63 bits per heavy atom. The van der Waals surface area contributed by atoms with Crippen LogP contribution in [0.3, 0.4) is 0 Å². The molecule has 0 amide bonds. The molecule has 0 saturated heterocycles. The Balaban J connectivity index is 1.42. The predicted molar refractivity (Wildman–Crippen MR) is 119 cm³/mol. The van der Waals surface area contributed by atoms with Crippen molar-refractivity contribution in [3.05, 3.63) is 64.7 Å². The van der Waals surface area contributed by atoms with E-state index in [9.17, 15) is 10.2 Å². The number of nitrogens with two attached hydrogens (primary N) is 1. The summed E-state index contributed by atoms with van der Waals surface area (Å²) >= 11 is 0. The normalized spacial score (nSPS) is 34.3. The highest BCUT2D eigenvalue weighted by atomic mass is 16.3. The van der Waals surface area contributed by atoms with E-state index in [2.05, 4.69) is 24.8 Å². The lowest BCUT2D eigenvalue weighted by Crippen LogP contribution is -2.50. The maximum Gasteiger partial charge on any atom is 0.131 e. The van der Waals surface area contributed by atoms with Crippen LogP contribution in [0.15, 0.2) is 42.5 Å². The molecule has 0 aromatic heterocycles. The molecule has 3 nitrogen and oxygen atoms in total. The lowest BCUT2D eigenvalue weighted by Gasteiger charge is -2.52. The highest BCUT2D eigenvalue weighted by molar-refractivity contribution is 5.42. The van der Waals surface area contributed by atoms with Gasteiger partial charge < -0.3 is 15.9 Å². The molecule has 5 rings (SSSR count). The van der Waals surface area contributed by atoms with Crippen LogP contribution in [0.4, 0.5) is 0 Å². The van der Waals surface area contributed by atoms with Gasteiger partial charge in [0.15, 0.2) is 0 Å².